The van der Waals surface area contributed by atoms with E-state index in [1.54, 1.807) is 6.92 Å². The lowest BCUT2D eigenvalue weighted by Crippen LogP contribution is -2.11. The maximum Gasteiger partial charge on any atom is 0.213 e. The molecule has 0 unspecified atom stereocenters. The molecule has 0 fully saturated rings. The topological polar surface area (TPSA) is 103 Å². The summed E-state index contributed by atoms with van der Waals surface area (Å²) in [5, 5.41) is 6.90. The molecule has 3 N–H and O–H groups in total. The van der Waals surface area contributed by atoms with E-state index < -0.39 is 0 Å². The molecular formula is C10H14N6O. The van der Waals surface area contributed by atoms with Gasteiger partial charge in [-0.1, -0.05) is 5.16 Å². The average molecular weight is 234 g/mol. The molecule has 0 aliphatic heterocycles. The number of anilines is 2. The molecule has 0 atom stereocenters. The number of nitrogens with zero attached hydrogens (tertiary/aromatic N) is 4. The highest BCUT2D eigenvalue weighted by atomic mass is 16.5. The van der Waals surface area contributed by atoms with Gasteiger partial charge in [0.05, 0.1) is 0 Å². The van der Waals surface area contributed by atoms with Gasteiger partial charge in [0.2, 0.25) is 6.39 Å². The molecule has 0 aliphatic carbocycles. The molecule has 2 aromatic rings. The first kappa shape index (κ1) is 11.3. The Balaban J connectivity index is 1.99. The highest BCUT2D eigenvalue weighted by Gasteiger charge is 2.06. The quantitative estimate of drug-likeness (QED) is 0.803. The number of aryl methyl sites for hydroxylation is 1. The smallest absolute Gasteiger partial charge is 0.213 e. The Morgan fingerprint density at radius 3 is 2.88 bits per heavy atom. The zero-order valence-corrected chi connectivity index (χ0v) is 9.77. The van der Waals surface area contributed by atoms with Crippen molar-refractivity contribution in [1.29, 1.82) is 0 Å². The maximum atomic E-state index is 5.76. The van der Waals surface area contributed by atoms with Gasteiger partial charge in [-0.2, -0.15) is 4.98 Å². The first-order valence-corrected chi connectivity index (χ1v) is 5.26. The lowest BCUT2D eigenvalue weighted by atomic mass is 10.3. The molecule has 0 amide bonds. The van der Waals surface area contributed by atoms with Gasteiger partial charge >= 0.3 is 0 Å². The second kappa shape index (κ2) is 4.77. The van der Waals surface area contributed by atoms with Crippen molar-refractivity contribution in [2.24, 2.45) is 0 Å². The van der Waals surface area contributed by atoms with E-state index in [0.29, 0.717) is 30.4 Å². The molecule has 0 saturated heterocycles. The second-order valence-corrected chi connectivity index (χ2v) is 3.65. The summed E-state index contributed by atoms with van der Waals surface area (Å²) in [5.41, 5.74) is 6.61. The van der Waals surface area contributed by atoms with E-state index in [4.69, 9.17) is 5.73 Å². The molecule has 0 radical (unpaired) electrons. The summed E-state index contributed by atoms with van der Waals surface area (Å²) >= 11 is 0. The Kier molecular flexibility index (Phi) is 3.17. The highest BCUT2D eigenvalue weighted by Crippen LogP contribution is 2.16. The van der Waals surface area contributed by atoms with Crippen molar-refractivity contribution in [3.05, 3.63) is 23.6 Å². The molecule has 2 heterocycles. The summed E-state index contributed by atoms with van der Waals surface area (Å²) in [7, 11) is 0. The summed E-state index contributed by atoms with van der Waals surface area (Å²) in [6.45, 7) is 4.35. The maximum absolute atomic E-state index is 5.76. The fraction of sp³-hybridized carbons (Fsp3) is 0.400. The molecule has 0 aliphatic rings. The number of nitrogens with two attached hydrogens (primary N) is 1. The van der Waals surface area contributed by atoms with Crippen molar-refractivity contribution < 1.29 is 4.52 Å². The van der Waals surface area contributed by atoms with Crippen LogP contribution in [0.4, 0.5) is 11.6 Å². The van der Waals surface area contributed by atoms with E-state index in [2.05, 4.69) is 29.9 Å². The van der Waals surface area contributed by atoms with E-state index in [0.717, 1.165) is 11.4 Å². The summed E-state index contributed by atoms with van der Waals surface area (Å²) in [6.07, 6.45) is 1.98. The standard InChI is InChI=1S/C10H14N6O/c1-6-9(11)14-7(2)15-10(6)12-4-3-8-13-5-17-16-8/h5H,3-4H2,1-2H3,(H3,11,12,14,15). The van der Waals surface area contributed by atoms with Crippen LogP contribution in [0.2, 0.25) is 0 Å². The van der Waals surface area contributed by atoms with Crippen molar-refractivity contribution in [1.82, 2.24) is 20.1 Å². The van der Waals surface area contributed by atoms with Crippen molar-refractivity contribution >= 4 is 11.6 Å². The van der Waals surface area contributed by atoms with Crippen LogP contribution in [-0.4, -0.2) is 26.7 Å². The van der Waals surface area contributed by atoms with Gasteiger partial charge in [0, 0.05) is 18.5 Å². The van der Waals surface area contributed by atoms with Crippen molar-refractivity contribution in [3.63, 3.8) is 0 Å². The van der Waals surface area contributed by atoms with Crippen molar-refractivity contribution in [3.8, 4) is 0 Å². The van der Waals surface area contributed by atoms with Gasteiger partial charge < -0.3 is 15.6 Å². The second-order valence-electron chi connectivity index (χ2n) is 3.65. The molecule has 0 saturated carbocycles. The minimum Gasteiger partial charge on any atom is -0.383 e. The van der Waals surface area contributed by atoms with Crippen LogP contribution in [0.15, 0.2) is 10.9 Å². The fourth-order valence-electron chi connectivity index (χ4n) is 1.42. The first-order valence-electron chi connectivity index (χ1n) is 5.26. The number of nitrogens with one attached hydrogen (secondary N) is 1. The molecule has 17 heavy (non-hydrogen) atoms. The van der Waals surface area contributed by atoms with Crippen LogP contribution in [0.1, 0.15) is 17.2 Å². The van der Waals surface area contributed by atoms with E-state index >= 15 is 0 Å². The van der Waals surface area contributed by atoms with Gasteiger partial charge in [-0.05, 0) is 13.8 Å². The summed E-state index contributed by atoms with van der Waals surface area (Å²) in [6, 6.07) is 0. The van der Waals surface area contributed by atoms with Gasteiger partial charge in [0.25, 0.3) is 0 Å². The van der Waals surface area contributed by atoms with Crippen molar-refractivity contribution in [2.45, 2.75) is 20.3 Å². The van der Waals surface area contributed by atoms with Gasteiger partial charge in [0.1, 0.15) is 17.5 Å². The molecule has 2 rings (SSSR count). The number of aromatic nitrogens is 4. The third-order valence-corrected chi connectivity index (χ3v) is 2.34. The molecular weight excluding hydrogens is 220 g/mol. The average Bonchev–Trinajstić information content (AvgIpc) is 2.78. The Morgan fingerprint density at radius 1 is 1.35 bits per heavy atom. The minimum atomic E-state index is 0.500. The monoisotopic (exact) mass is 234 g/mol. The first-order chi connectivity index (χ1) is 8.16. The van der Waals surface area contributed by atoms with E-state index in [9.17, 15) is 0 Å². The molecule has 0 aromatic carbocycles. The van der Waals surface area contributed by atoms with E-state index in [1.165, 1.54) is 6.39 Å². The molecule has 2 aromatic heterocycles. The normalized spacial score (nSPS) is 10.5. The zero-order chi connectivity index (χ0) is 12.3. The van der Waals surface area contributed by atoms with Crippen molar-refractivity contribution in [2.75, 3.05) is 17.6 Å². The van der Waals surface area contributed by atoms with Gasteiger partial charge in [0.15, 0.2) is 5.82 Å². The predicted molar refractivity (Wildman–Crippen MR) is 62.4 cm³/mol. The van der Waals surface area contributed by atoms with Gasteiger partial charge in [-0.25, -0.2) is 9.97 Å². The Labute approximate surface area is 98.5 Å². The number of nitrogen functional groups attached to an aromatic ring is 1. The molecule has 90 valence electrons. The van der Waals surface area contributed by atoms with Crippen LogP contribution in [0, 0.1) is 13.8 Å². The van der Waals surface area contributed by atoms with Crippen LogP contribution in [-0.2, 0) is 6.42 Å². The predicted octanol–water partition coefficient (Wildman–Crippen LogP) is 0.713. The largest absolute Gasteiger partial charge is 0.383 e. The van der Waals surface area contributed by atoms with E-state index in [-0.39, 0.29) is 0 Å². The minimum absolute atomic E-state index is 0.500. The van der Waals surface area contributed by atoms with E-state index in [1.807, 2.05) is 6.92 Å². The summed E-state index contributed by atoms with van der Waals surface area (Å²) in [4.78, 5) is 12.3. The molecule has 7 nitrogen and oxygen atoms in total. The lowest BCUT2D eigenvalue weighted by molar-refractivity contribution is 0.410. The van der Waals surface area contributed by atoms with Crippen LogP contribution in [0.25, 0.3) is 0 Å². The van der Waals surface area contributed by atoms with Crippen LogP contribution >= 0.6 is 0 Å². The van der Waals surface area contributed by atoms with Gasteiger partial charge in [-0.3, -0.25) is 0 Å². The molecule has 7 heteroatoms. The molecule has 0 spiro atoms. The highest BCUT2D eigenvalue weighted by molar-refractivity contribution is 5.54. The zero-order valence-electron chi connectivity index (χ0n) is 9.77. The Hall–Kier alpha value is -2.18. The summed E-state index contributed by atoms with van der Waals surface area (Å²) < 4.78 is 4.64. The molecule has 0 bridgehead atoms. The number of hydrogen-bond acceptors (Lipinski definition) is 7. The fourth-order valence-corrected chi connectivity index (χ4v) is 1.42. The third-order valence-electron chi connectivity index (χ3n) is 2.34. The number of hydrogen-bond donors (Lipinski definition) is 2. The van der Waals surface area contributed by atoms with Gasteiger partial charge in [-0.15, -0.1) is 0 Å². The Bertz CT molecular complexity index is 496. The summed E-state index contributed by atoms with van der Waals surface area (Å²) in [5.74, 6) is 2.56. The van der Waals surface area contributed by atoms with Crippen LogP contribution in [0.3, 0.4) is 0 Å². The van der Waals surface area contributed by atoms with Crippen LogP contribution < -0.4 is 11.1 Å². The third kappa shape index (κ3) is 2.68. The number of rotatable bonds is 4. The lowest BCUT2D eigenvalue weighted by Gasteiger charge is -2.09. The Morgan fingerprint density at radius 2 is 2.18 bits per heavy atom. The SMILES string of the molecule is Cc1nc(N)c(C)c(NCCc2ncon2)n1. The van der Waals surface area contributed by atoms with Crippen LogP contribution in [0.5, 0.6) is 0 Å².